The first-order chi connectivity index (χ1) is 29.5. The van der Waals surface area contributed by atoms with Crippen LogP contribution in [0.15, 0.2) is 0 Å². The molecule has 0 aliphatic heterocycles. The van der Waals surface area contributed by atoms with E-state index in [0.717, 1.165) is 129 Å². The van der Waals surface area contributed by atoms with Crippen LogP contribution in [0, 0.1) is 0 Å². The molecule has 7 nitrogen and oxygen atoms in total. The van der Waals surface area contributed by atoms with Crippen molar-refractivity contribution < 1.29 is 23.9 Å². The number of rotatable bonds is 39. The Morgan fingerprint density at radius 1 is 0.410 bits per heavy atom. The summed E-state index contributed by atoms with van der Waals surface area (Å²) in [4.78, 5) is 41.7. The topological polar surface area (TPSA) is 76.2 Å². The molecule has 0 radical (unpaired) electrons. The van der Waals surface area contributed by atoms with Gasteiger partial charge in [-0.25, -0.2) is 0 Å². The first-order valence-corrected chi connectivity index (χ1v) is 26.9. The van der Waals surface area contributed by atoms with Gasteiger partial charge in [0.05, 0.1) is 0 Å². The second-order valence-electron chi connectivity index (χ2n) is 17.6. The van der Waals surface area contributed by atoms with Gasteiger partial charge in [-0.1, -0.05) is 205 Å². The number of hydrogen-bond acceptors (Lipinski definition) is 6. The van der Waals surface area contributed by atoms with Gasteiger partial charge in [-0.2, -0.15) is 0 Å². The molecule has 0 saturated heterocycles. The molecule has 61 heavy (non-hydrogen) atoms. The summed E-state index contributed by atoms with van der Waals surface area (Å²) in [6, 6.07) is 0.394. The van der Waals surface area contributed by atoms with Gasteiger partial charge in [0.1, 0.15) is 12.2 Å². The first kappa shape index (κ1) is 66.0. The summed E-state index contributed by atoms with van der Waals surface area (Å²) in [5.41, 5.74) is 0. The molecule has 0 N–H and O–H groups in total. The smallest absolute Gasteiger partial charge is 0.306 e. The fraction of sp³-hybridized carbons (Fsp3) is 0.944. The number of ether oxygens (including phenoxy) is 2. The maximum absolute atomic E-state index is 13.5. The maximum atomic E-state index is 13.5. The van der Waals surface area contributed by atoms with Crippen LogP contribution < -0.4 is 0 Å². The lowest BCUT2D eigenvalue weighted by atomic mass is 9.98. The van der Waals surface area contributed by atoms with Gasteiger partial charge < -0.3 is 19.3 Å². The predicted molar refractivity (Wildman–Crippen MR) is 269 cm³/mol. The van der Waals surface area contributed by atoms with Crippen LogP contribution in [0.25, 0.3) is 0 Å². The van der Waals surface area contributed by atoms with Crippen molar-refractivity contribution in [2.45, 2.75) is 306 Å². The number of nitrogens with zero attached hydrogens (tertiary/aromatic N) is 2. The second-order valence-corrected chi connectivity index (χ2v) is 17.6. The van der Waals surface area contributed by atoms with Crippen LogP contribution in [0.3, 0.4) is 0 Å². The van der Waals surface area contributed by atoms with Crippen LogP contribution in [0.1, 0.15) is 288 Å². The van der Waals surface area contributed by atoms with E-state index in [1.807, 2.05) is 13.8 Å². The molecule has 2 atom stereocenters. The molecule has 7 heteroatoms. The number of esters is 2. The monoisotopic (exact) mass is 869 g/mol. The zero-order valence-corrected chi connectivity index (χ0v) is 43.9. The van der Waals surface area contributed by atoms with E-state index in [1.165, 1.54) is 83.5 Å². The highest BCUT2D eigenvalue weighted by Gasteiger charge is 2.23. The Morgan fingerprint density at radius 2 is 0.820 bits per heavy atom. The normalized spacial score (nSPS) is 11.7. The summed E-state index contributed by atoms with van der Waals surface area (Å²) < 4.78 is 11.1. The molecule has 0 spiro atoms. The zero-order valence-electron chi connectivity index (χ0n) is 43.9. The summed E-state index contributed by atoms with van der Waals surface area (Å²) in [6.45, 7) is 25.4. The van der Waals surface area contributed by atoms with Crippen molar-refractivity contribution in [2.24, 2.45) is 0 Å². The number of carbonyl (C=O) groups is 3. The second kappa shape index (κ2) is 54.5. The molecule has 0 saturated carbocycles. The first-order valence-electron chi connectivity index (χ1n) is 26.9. The molecule has 0 fully saturated rings. The SMILES string of the molecule is CC.CCC.CCCCC(=O)OC(CC)CCC.CCCCCCCC(=O)N(CCCN(C)C)C(CCCCCC)CCCCCCCCC(=O)OC(CCCC)CCCC. The maximum Gasteiger partial charge on any atom is 0.306 e. The Labute approximate surface area is 383 Å². The van der Waals surface area contributed by atoms with E-state index >= 15 is 0 Å². The van der Waals surface area contributed by atoms with Crippen LogP contribution in [-0.4, -0.2) is 73.1 Å². The van der Waals surface area contributed by atoms with E-state index < -0.39 is 0 Å². The standard InChI is InChI=1S/C38H76N2O3.C11H22O2.C3H8.C2H6/c1-7-11-15-19-24-31-37(41)40(34-26-33-39(5)6)35(27-22-16-12-8-2)28-23-20-17-18-21-25-32-38(42)43-36(29-13-9-3)30-14-10-4;1-4-7-9-11(12)13-10(6-3)8-5-2;1-3-2;1-2/h35-36H,7-34H2,1-6H3;10H,4-9H2,1-3H3;3H2,1-2H3;1-2H3. The molecule has 0 heterocycles. The summed E-state index contributed by atoms with van der Waals surface area (Å²) in [5, 5.41) is 0. The van der Waals surface area contributed by atoms with Crippen LogP contribution in [0.4, 0.5) is 0 Å². The number of hydrogen-bond donors (Lipinski definition) is 0. The van der Waals surface area contributed by atoms with Crippen LogP contribution in [0.2, 0.25) is 0 Å². The predicted octanol–water partition coefficient (Wildman–Crippen LogP) is 16.6. The molecule has 1 amide bonds. The van der Waals surface area contributed by atoms with Gasteiger partial charge in [-0.15, -0.1) is 0 Å². The van der Waals surface area contributed by atoms with Gasteiger partial charge >= 0.3 is 11.9 Å². The average Bonchev–Trinajstić information content (AvgIpc) is 3.25. The molecular formula is C54H112N2O5. The van der Waals surface area contributed by atoms with E-state index in [0.29, 0.717) is 24.8 Å². The Morgan fingerprint density at radius 3 is 1.28 bits per heavy atom. The fourth-order valence-electron chi connectivity index (χ4n) is 7.32. The minimum Gasteiger partial charge on any atom is -0.462 e. The molecule has 0 aromatic heterocycles. The van der Waals surface area contributed by atoms with E-state index in [2.05, 4.69) is 86.2 Å². The summed E-state index contributed by atoms with van der Waals surface area (Å²) >= 11 is 0. The Balaban J connectivity index is -0.000000751. The molecule has 0 aromatic rings. The third-order valence-corrected chi connectivity index (χ3v) is 11.0. The molecule has 0 aromatic carbocycles. The Kier molecular flexibility index (Phi) is 59.0. The van der Waals surface area contributed by atoms with Gasteiger partial charge in [0.15, 0.2) is 0 Å². The van der Waals surface area contributed by atoms with Crippen molar-refractivity contribution in [3.05, 3.63) is 0 Å². The Hall–Kier alpha value is -1.63. The molecule has 0 aliphatic carbocycles. The highest BCUT2D eigenvalue weighted by Crippen LogP contribution is 2.22. The van der Waals surface area contributed by atoms with Crippen molar-refractivity contribution in [1.82, 2.24) is 9.80 Å². The van der Waals surface area contributed by atoms with Gasteiger partial charge in [0.25, 0.3) is 0 Å². The molecule has 0 aliphatic rings. The van der Waals surface area contributed by atoms with E-state index in [9.17, 15) is 14.4 Å². The lowest BCUT2D eigenvalue weighted by molar-refractivity contribution is -0.150. The minimum atomic E-state index is -0.0258. The number of unbranched alkanes of at least 4 members (excludes halogenated alkanes) is 15. The molecule has 0 rings (SSSR count). The van der Waals surface area contributed by atoms with Gasteiger partial charge in [-0.05, 0) is 84.8 Å². The summed E-state index contributed by atoms with van der Waals surface area (Å²) in [6.07, 6.45) is 36.3. The van der Waals surface area contributed by atoms with Crippen LogP contribution >= 0.6 is 0 Å². The lowest BCUT2D eigenvalue weighted by Gasteiger charge is -2.33. The summed E-state index contributed by atoms with van der Waals surface area (Å²) in [5.74, 6) is 0.379. The number of amides is 1. The minimum absolute atomic E-state index is 0.00695. The van der Waals surface area contributed by atoms with Crippen LogP contribution in [-0.2, 0) is 23.9 Å². The van der Waals surface area contributed by atoms with Gasteiger partial charge in [0, 0.05) is 31.8 Å². The largest absolute Gasteiger partial charge is 0.462 e. The quantitative estimate of drug-likeness (QED) is 0.0452. The third-order valence-electron chi connectivity index (χ3n) is 11.0. The molecular weight excluding hydrogens is 757 g/mol. The van der Waals surface area contributed by atoms with Crippen molar-refractivity contribution in [3.8, 4) is 0 Å². The van der Waals surface area contributed by atoms with Crippen molar-refractivity contribution in [1.29, 1.82) is 0 Å². The highest BCUT2D eigenvalue weighted by molar-refractivity contribution is 5.76. The summed E-state index contributed by atoms with van der Waals surface area (Å²) in [7, 11) is 4.26. The van der Waals surface area contributed by atoms with Gasteiger partial charge in [0.2, 0.25) is 5.91 Å². The average molecular weight is 869 g/mol. The number of carbonyl (C=O) groups excluding carboxylic acids is 3. The third kappa shape index (κ3) is 49.2. The molecule has 0 bridgehead atoms. The molecule has 368 valence electrons. The van der Waals surface area contributed by atoms with E-state index in [4.69, 9.17) is 9.47 Å². The highest BCUT2D eigenvalue weighted by atomic mass is 16.5. The zero-order chi connectivity index (χ0) is 46.8. The lowest BCUT2D eigenvalue weighted by Crippen LogP contribution is -2.41. The van der Waals surface area contributed by atoms with Gasteiger partial charge in [-0.3, -0.25) is 14.4 Å². The van der Waals surface area contributed by atoms with Crippen molar-refractivity contribution in [3.63, 3.8) is 0 Å². The fourth-order valence-corrected chi connectivity index (χ4v) is 7.32. The van der Waals surface area contributed by atoms with Crippen molar-refractivity contribution >= 4 is 17.8 Å². The Bertz CT molecular complexity index is 874. The van der Waals surface area contributed by atoms with E-state index in [1.54, 1.807) is 0 Å². The van der Waals surface area contributed by atoms with Crippen molar-refractivity contribution in [2.75, 3.05) is 27.2 Å². The van der Waals surface area contributed by atoms with E-state index in [-0.39, 0.29) is 24.1 Å². The molecule has 2 unspecified atom stereocenters. The van der Waals surface area contributed by atoms with Crippen LogP contribution in [0.5, 0.6) is 0 Å².